The highest BCUT2D eigenvalue weighted by molar-refractivity contribution is 5.36. The molecule has 0 unspecified atom stereocenters. The summed E-state index contributed by atoms with van der Waals surface area (Å²) in [6.45, 7) is 3.00. The summed E-state index contributed by atoms with van der Waals surface area (Å²) in [5.74, 6) is 0.999. The first kappa shape index (κ1) is 15.7. The van der Waals surface area contributed by atoms with Gasteiger partial charge in [0.1, 0.15) is 12.1 Å². The van der Waals surface area contributed by atoms with E-state index in [2.05, 4.69) is 26.8 Å². The summed E-state index contributed by atoms with van der Waals surface area (Å²) in [7, 11) is 2.12. The van der Waals surface area contributed by atoms with Crippen molar-refractivity contribution in [2.45, 2.75) is 56.6 Å². The second-order valence-corrected chi connectivity index (χ2v) is 6.97. The lowest BCUT2D eigenvalue weighted by atomic mass is 9.84. The molecular formula is C17H28N4O. The highest BCUT2D eigenvalue weighted by Gasteiger charge is 2.33. The van der Waals surface area contributed by atoms with E-state index in [-0.39, 0.29) is 0 Å². The molecule has 1 saturated carbocycles. The molecule has 2 fully saturated rings. The van der Waals surface area contributed by atoms with E-state index in [1.807, 2.05) is 6.07 Å². The molecule has 5 nitrogen and oxygen atoms in total. The zero-order valence-electron chi connectivity index (χ0n) is 13.6. The zero-order chi connectivity index (χ0) is 15.4. The van der Waals surface area contributed by atoms with E-state index in [9.17, 15) is 5.11 Å². The first-order valence-electron chi connectivity index (χ1n) is 8.60. The van der Waals surface area contributed by atoms with E-state index in [1.54, 1.807) is 12.5 Å². The van der Waals surface area contributed by atoms with Crippen LogP contribution in [0, 0.1) is 0 Å². The standard InChI is InChI=1S/C17H28N4O/c1-20(16-5-10-18-14-19-16)15-6-11-21(12-7-15)13-17(22)8-3-2-4-9-17/h5,10,14-15,22H,2-4,6-9,11-13H2,1H3. The number of hydrogen-bond donors (Lipinski definition) is 1. The van der Waals surface area contributed by atoms with Gasteiger partial charge in [-0.25, -0.2) is 9.97 Å². The molecule has 1 aromatic rings. The Morgan fingerprint density at radius 3 is 2.64 bits per heavy atom. The molecule has 5 heteroatoms. The van der Waals surface area contributed by atoms with Crippen LogP contribution in [0.25, 0.3) is 0 Å². The average molecular weight is 304 g/mol. The van der Waals surface area contributed by atoms with Crippen LogP contribution >= 0.6 is 0 Å². The van der Waals surface area contributed by atoms with E-state index < -0.39 is 5.60 Å². The molecule has 0 bridgehead atoms. The second-order valence-electron chi connectivity index (χ2n) is 6.97. The van der Waals surface area contributed by atoms with Crippen molar-refractivity contribution in [2.75, 3.05) is 31.6 Å². The Morgan fingerprint density at radius 1 is 1.27 bits per heavy atom. The molecule has 0 amide bonds. The van der Waals surface area contributed by atoms with Gasteiger partial charge in [-0.1, -0.05) is 19.3 Å². The van der Waals surface area contributed by atoms with Crippen LogP contribution in [-0.2, 0) is 0 Å². The average Bonchev–Trinajstić information content (AvgIpc) is 2.56. The number of aliphatic hydroxyl groups is 1. The Balaban J connectivity index is 1.50. The van der Waals surface area contributed by atoms with Gasteiger partial charge in [0.25, 0.3) is 0 Å². The Labute approximate surface area is 133 Å². The van der Waals surface area contributed by atoms with Crippen LogP contribution < -0.4 is 4.90 Å². The molecule has 0 aromatic carbocycles. The summed E-state index contributed by atoms with van der Waals surface area (Å²) in [4.78, 5) is 13.0. The summed E-state index contributed by atoms with van der Waals surface area (Å²) in [5.41, 5.74) is -0.427. The van der Waals surface area contributed by atoms with Crippen molar-refractivity contribution in [1.82, 2.24) is 14.9 Å². The van der Waals surface area contributed by atoms with Crippen LogP contribution in [0.4, 0.5) is 5.82 Å². The molecule has 2 aliphatic rings. The summed E-state index contributed by atoms with van der Waals surface area (Å²) >= 11 is 0. The quantitative estimate of drug-likeness (QED) is 0.923. The van der Waals surface area contributed by atoms with Gasteiger partial charge in [-0.2, -0.15) is 0 Å². The number of β-amino-alcohol motifs (C(OH)–C–C–N with tert-alkyl or cyclic N) is 1. The fraction of sp³-hybridized carbons (Fsp3) is 0.765. The Bertz CT molecular complexity index is 453. The van der Waals surface area contributed by atoms with Crippen molar-refractivity contribution in [1.29, 1.82) is 0 Å². The van der Waals surface area contributed by atoms with Gasteiger partial charge in [-0.05, 0) is 31.7 Å². The van der Waals surface area contributed by atoms with Crippen molar-refractivity contribution in [3.8, 4) is 0 Å². The van der Waals surface area contributed by atoms with Gasteiger partial charge in [0.15, 0.2) is 0 Å². The van der Waals surface area contributed by atoms with E-state index in [0.29, 0.717) is 6.04 Å². The summed E-state index contributed by atoms with van der Waals surface area (Å²) in [6, 6.07) is 2.50. The van der Waals surface area contributed by atoms with Gasteiger partial charge in [-0.3, -0.25) is 0 Å². The third-order valence-electron chi connectivity index (χ3n) is 5.33. The van der Waals surface area contributed by atoms with Crippen LogP contribution in [-0.4, -0.2) is 58.3 Å². The topological polar surface area (TPSA) is 52.5 Å². The van der Waals surface area contributed by atoms with Gasteiger partial charge in [0.2, 0.25) is 0 Å². The molecule has 122 valence electrons. The lowest BCUT2D eigenvalue weighted by molar-refractivity contribution is -0.0306. The van der Waals surface area contributed by atoms with Gasteiger partial charge in [0.05, 0.1) is 5.60 Å². The van der Waals surface area contributed by atoms with E-state index in [4.69, 9.17) is 0 Å². The third-order valence-corrected chi connectivity index (χ3v) is 5.33. The van der Waals surface area contributed by atoms with Crippen LogP contribution in [0.5, 0.6) is 0 Å². The highest BCUT2D eigenvalue weighted by atomic mass is 16.3. The molecule has 0 radical (unpaired) electrons. The molecule has 1 aliphatic carbocycles. The van der Waals surface area contributed by atoms with Gasteiger partial charge in [-0.15, -0.1) is 0 Å². The maximum Gasteiger partial charge on any atom is 0.131 e. The zero-order valence-corrected chi connectivity index (χ0v) is 13.6. The molecule has 1 aliphatic heterocycles. The van der Waals surface area contributed by atoms with E-state index in [0.717, 1.165) is 51.1 Å². The number of rotatable bonds is 4. The number of piperidine rings is 1. The summed E-state index contributed by atoms with van der Waals surface area (Å²) in [6.07, 6.45) is 11.3. The molecule has 0 spiro atoms. The van der Waals surface area contributed by atoms with Crippen molar-refractivity contribution < 1.29 is 5.11 Å². The van der Waals surface area contributed by atoms with Crippen LogP contribution in [0.1, 0.15) is 44.9 Å². The monoisotopic (exact) mass is 304 g/mol. The molecule has 0 atom stereocenters. The predicted octanol–water partition coefficient (Wildman–Crippen LogP) is 2.07. The predicted molar refractivity (Wildman–Crippen MR) is 87.9 cm³/mol. The Kier molecular flexibility index (Phi) is 4.93. The lowest BCUT2D eigenvalue weighted by Gasteiger charge is -2.41. The maximum absolute atomic E-state index is 10.7. The van der Waals surface area contributed by atoms with E-state index >= 15 is 0 Å². The van der Waals surface area contributed by atoms with Gasteiger partial charge >= 0.3 is 0 Å². The fourth-order valence-electron chi connectivity index (χ4n) is 3.93. The third kappa shape index (κ3) is 3.76. The fourth-order valence-corrected chi connectivity index (χ4v) is 3.93. The first-order chi connectivity index (χ1) is 10.7. The van der Waals surface area contributed by atoms with Crippen LogP contribution in [0.3, 0.4) is 0 Å². The number of likely N-dealkylation sites (tertiary alicyclic amines) is 1. The van der Waals surface area contributed by atoms with Crippen LogP contribution in [0.2, 0.25) is 0 Å². The molecular weight excluding hydrogens is 276 g/mol. The SMILES string of the molecule is CN(c1ccncn1)C1CCN(CC2(O)CCCCC2)CC1. The molecule has 2 heterocycles. The molecule has 1 aromatic heterocycles. The molecule has 1 N–H and O–H groups in total. The largest absolute Gasteiger partial charge is 0.389 e. The lowest BCUT2D eigenvalue weighted by Crippen LogP contribution is -2.50. The molecule has 3 rings (SSSR count). The van der Waals surface area contributed by atoms with Gasteiger partial charge < -0.3 is 14.9 Å². The van der Waals surface area contributed by atoms with Crippen molar-refractivity contribution in [2.24, 2.45) is 0 Å². The minimum atomic E-state index is -0.427. The first-order valence-corrected chi connectivity index (χ1v) is 8.60. The number of anilines is 1. The normalized spacial score (nSPS) is 23.4. The van der Waals surface area contributed by atoms with Crippen LogP contribution in [0.15, 0.2) is 18.6 Å². The van der Waals surface area contributed by atoms with E-state index in [1.165, 1.54) is 19.3 Å². The van der Waals surface area contributed by atoms with Crippen molar-refractivity contribution >= 4 is 5.82 Å². The second kappa shape index (κ2) is 6.92. The van der Waals surface area contributed by atoms with Crippen molar-refractivity contribution in [3.63, 3.8) is 0 Å². The minimum Gasteiger partial charge on any atom is -0.389 e. The smallest absolute Gasteiger partial charge is 0.131 e. The van der Waals surface area contributed by atoms with Crippen molar-refractivity contribution in [3.05, 3.63) is 18.6 Å². The molecule has 22 heavy (non-hydrogen) atoms. The Hall–Kier alpha value is -1.20. The summed E-state index contributed by atoms with van der Waals surface area (Å²) < 4.78 is 0. The van der Waals surface area contributed by atoms with Gasteiger partial charge in [0, 0.05) is 38.9 Å². The Morgan fingerprint density at radius 2 is 2.00 bits per heavy atom. The maximum atomic E-state index is 10.7. The summed E-state index contributed by atoms with van der Waals surface area (Å²) in [5, 5.41) is 10.7. The number of nitrogens with zero attached hydrogens (tertiary/aromatic N) is 4. The highest BCUT2D eigenvalue weighted by Crippen LogP contribution is 2.30. The number of aromatic nitrogens is 2. The number of hydrogen-bond acceptors (Lipinski definition) is 5. The minimum absolute atomic E-state index is 0.427. The molecule has 1 saturated heterocycles.